The highest BCUT2D eigenvalue weighted by Crippen LogP contribution is 2.34. The molecule has 0 spiro atoms. The van der Waals surface area contributed by atoms with Crippen molar-refractivity contribution in [2.45, 2.75) is 38.6 Å². The molecule has 1 saturated carbocycles. The number of ether oxygens (including phenoxy) is 1. The molecular weight excluding hydrogens is 206 g/mol. The third-order valence-electron chi connectivity index (χ3n) is 2.78. The Balaban J connectivity index is 1.98. The Hall–Kier alpha value is 0.270. The normalized spacial score (nSPS) is 18.0. The van der Waals surface area contributed by atoms with E-state index >= 15 is 0 Å². The van der Waals surface area contributed by atoms with Crippen molar-refractivity contribution in [1.82, 2.24) is 5.32 Å². The Morgan fingerprint density at radius 2 is 2.27 bits per heavy atom. The van der Waals surface area contributed by atoms with E-state index in [1.807, 2.05) is 0 Å². The monoisotopic (exact) mass is 231 g/mol. The van der Waals surface area contributed by atoms with Gasteiger partial charge in [0.25, 0.3) is 0 Å². The van der Waals surface area contributed by atoms with Crippen molar-refractivity contribution in [2.75, 3.05) is 31.8 Å². The van der Waals surface area contributed by atoms with E-state index in [2.05, 4.69) is 24.0 Å². The topological polar surface area (TPSA) is 21.3 Å². The molecule has 0 saturated heterocycles. The minimum absolute atomic E-state index is 0.775. The van der Waals surface area contributed by atoms with Crippen LogP contribution in [0.5, 0.6) is 0 Å². The van der Waals surface area contributed by atoms with Crippen LogP contribution in [0.4, 0.5) is 0 Å². The zero-order valence-corrected chi connectivity index (χ0v) is 10.9. The fourth-order valence-corrected chi connectivity index (χ4v) is 2.84. The molecule has 1 aliphatic rings. The largest absolute Gasteiger partial charge is 0.385 e. The summed E-state index contributed by atoms with van der Waals surface area (Å²) in [5, 5.41) is 3.67. The average molecular weight is 231 g/mol. The fourth-order valence-electron chi connectivity index (χ4n) is 1.71. The number of nitrogens with one attached hydrogen (secondary N) is 1. The summed E-state index contributed by atoms with van der Waals surface area (Å²) in [7, 11) is 1.78. The molecule has 0 aromatic heterocycles. The molecule has 0 radical (unpaired) electrons. The van der Waals surface area contributed by atoms with Gasteiger partial charge in [-0.05, 0) is 43.9 Å². The Labute approximate surface area is 98.5 Å². The smallest absolute Gasteiger partial charge is 0.0470 e. The third kappa shape index (κ3) is 6.44. The second-order valence-corrected chi connectivity index (χ2v) is 5.47. The summed E-state index contributed by atoms with van der Waals surface area (Å²) < 4.78 is 5.04. The number of hydrogen-bond acceptors (Lipinski definition) is 3. The number of thioether (sulfide) groups is 1. The lowest BCUT2D eigenvalue weighted by atomic mass is 10.2. The molecule has 0 aromatic carbocycles. The van der Waals surface area contributed by atoms with E-state index in [-0.39, 0.29) is 0 Å². The van der Waals surface area contributed by atoms with E-state index in [1.54, 1.807) is 7.11 Å². The first-order valence-corrected chi connectivity index (χ1v) is 7.34. The SMILES string of the molecule is CCCNC(CSCCCOC)C1CC1. The van der Waals surface area contributed by atoms with Crippen LogP contribution in [0.1, 0.15) is 32.6 Å². The van der Waals surface area contributed by atoms with E-state index in [9.17, 15) is 0 Å². The molecule has 3 heteroatoms. The molecule has 0 amide bonds. The van der Waals surface area contributed by atoms with E-state index in [0.29, 0.717) is 0 Å². The lowest BCUT2D eigenvalue weighted by Crippen LogP contribution is -2.34. The first-order valence-electron chi connectivity index (χ1n) is 6.18. The molecule has 0 heterocycles. The summed E-state index contributed by atoms with van der Waals surface area (Å²) in [5.74, 6) is 3.51. The van der Waals surface area contributed by atoms with Gasteiger partial charge >= 0.3 is 0 Å². The molecule has 1 aliphatic carbocycles. The van der Waals surface area contributed by atoms with E-state index in [1.165, 1.54) is 43.7 Å². The lowest BCUT2D eigenvalue weighted by Gasteiger charge is -2.17. The zero-order valence-electron chi connectivity index (χ0n) is 10.1. The molecule has 1 unspecified atom stereocenters. The molecule has 15 heavy (non-hydrogen) atoms. The van der Waals surface area contributed by atoms with Gasteiger partial charge in [-0.15, -0.1) is 0 Å². The summed E-state index contributed by atoms with van der Waals surface area (Å²) in [6, 6.07) is 0.775. The minimum Gasteiger partial charge on any atom is -0.385 e. The zero-order chi connectivity index (χ0) is 10.9. The summed E-state index contributed by atoms with van der Waals surface area (Å²) in [6.07, 6.45) is 5.32. The van der Waals surface area contributed by atoms with Crippen molar-refractivity contribution in [1.29, 1.82) is 0 Å². The van der Waals surface area contributed by atoms with Gasteiger partial charge in [-0.25, -0.2) is 0 Å². The van der Waals surface area contributed by atoms with Crippen molar-refractivity contribution >= 4 is 11.8 Å². The van der Waals surface area contributed by atoms with Gasteiger partial charge in [0.2, 0.25) is 0 Å². The summed E-state index contributed by atoms with van der Waals surface area (Å²) >= 11 is 2.08. The molecule has 0 bridgehead atoms. The summed E-state index contributed by atoms with van der Waals surface area (Å²) in [5.41, 5.74) is 0. The first-order chi connectivity index (χ1) is 7.38. The highest BCUT2D eigenvalue weighted by atomic mass is 32.2. The van der Waals surface area contributed by atoms with Crippen molar-refractivity contribution < 1.29 is 4.74 Å². The van der Waals surface area contributed by atoms with Crippen LogP contribution in [0.15, 0.2) is 0 Å². The highest BCUT2D eigenvalue weighted by Gasteiger charge is 2.30. The van der Waals surface area contributed by atoms with Gasteiger partial charge in [0, 0.05) is 25.5 Å². The van der Waals surface area contributed by atoms with Crippen LogP contribution in [0, 0.1) is 5.92 Å². The van der Waals surface area contributed by atoms with Crippen LogP contribution >= 0.6 is 11.8 Å². The Kier molecular flexibility index (Phi) is 7.49. The molecule has 0 aliphatic heterocycles. The molecule has 0 aromatic rings. The standard InChI is InChI=1S/C12H25NOS/c1-3-7-13-12(11-5-6-11)10-15-9-4-8-14-2/h11-13H,3-10H2,1-2H3. The number of rotatable bonds is 10. The van der Waals surface area contributed by atoms with Gasteiger partial charge in [-0.3, -0.25) is 0 Å². The Morgan fingerprint density at radius 3 is 2.87 bits per heavy atom. The second kappa shape index (κ2) is 8.43. The highest BCUT2D eigenvalue weighted by molar-refractivity contribution is 7.99. The van der Waals surface area contributed by atoms with Gasteiger partial charge in [0.15, 0.2) is 0 Å². The fraction of sp³-hybridized carbons (Fsp3) is 1.00. The van der Waals surface area contributed by atoms with E-state index in [4.69, 9.17) is 4.74 Å². The number of methoxy groups -OCH3 is 1. The molecule has 2 nitrogen and oxygen atoms in total. The van der Waals surface area contributed by atoms with Crippen molar-refractivity contribution in [3.8, 4) is 0 Å². The van der Waals surface area contributed by atoms with Crippen LogP contribution in [0.3, 0.4) is 0 Å². The second-order valence-electron chi connectivity index (χ2n) is 4.32. The van der Waals surface area contributed by atoms with Gasteiger partial charge in [-0.2, -0.15) is 11.8 Å². The van der Waals surface area contributed by atoms with Crippen LogP contribution in [0.2, 0.25) is 0 Å². The quantitative estimate of drug-likeness (QED) is 0.584. The third-order valence-corrected chi connectivity index (χ3v) is 3.95. The van der Waals surface area contributed by atoms with Crippen LogP contribution in [-0.2, 0) is 4.74 Å². The Morgan fingerprint density at radius 1 is 1.47 bits per heavy atom. The van der Waals surface area contributed by atoms with Gasteiger partial charge in [0.1, 0.15) is 0 Å². The molecule has 1 fully saturated rings. The summed E-state index contributed by atoms with van der Waals surface area (Å²) in [6.45, 7) is 4.33. The predicted octanol–water partition coefficient (Wildman–Crippen LogP) is 2.53. The molecule has 1 N–H and O–H groups in total. The molecule has 1 rings (SSSR count). The molecule has 90 valence electrons. The maximum atomic E-state index is 5.04. The van der Waals surface area contributed by atoms with Crippen molar-refractivity contribution in [3.05, 3.63) is 0 Å². The van der Waals surface area contributed by atoms with Crippen molar-refractivity contribution in [3.63, 3.8) is 0 Å². The van der Waals surface area contributed by atoms with E-state index in [0.717, 1.165) is 18.6 Å². The minimum atomic E-state index is 0.775. The van der Waals surface area contributed by atoms with Crippen LogP contribution in [0.25, 0.3) is 0 Å². The first kappa shape index (κ1) is 13.3. The van der Waals surface area contributed by atoms with Gasteiger partial charge in [-0.1, -0.05) is 6.92 Å². The number of hydrogen-bond donors (Lipinski definition) is 1. The van der Waals surface area contributed by atoms with Gasteiger partial charge < -0.3 is 10.1 Å². The van der Waals surface area contributed by atoms with Gasteiger partial charge in [0.05, 0.1) is 0 Å². The molecule has 1 atom stereocenters. The lowest BCUT2D eigenvalue weighted by molar-refractivity contribution is 0.200. The van der Waals surface area contributed by atoms with Crippen LogP contribution in [-0.4, -0.2) is 37.8 Å². The average Bonchev–Trinajstić information content (AvgIpc) is 3.06. The van der Waals surface area contributed by atoms with Crippen molar-refractivity contribution in [2.24, 2.45) is 5.92 Å². The predicted molar refractivity (Wildman–Crippen MR) is 68.6 cm³/mol. The molecular formula is C12H25NOS. The van der Waals surface area contributed by atoms with Crippen LogP contribution < -0.4 is 5.32 Å². The summed E-state index contributed by atoms with van der Waals surface area (Å²) in [4.78, 5) is 0. The van der Waals surface area contributed by atoms with E-state index < -0.39 is 0 Å². The maximum absolute atomic E-state index is 5.04. The maximum Gasteiger partial charge on any atom is 0.0470 e. The Bertz CT molecular complexity index is 151.